The first-order valence-electron chi connectivity index (χ1n) is 8.26. The number of nitrogens with zero attached hydrogens (tertiary/aromatic N) is 2. The Bertz CT molecular complexity index is 1120. The molecule has 2 aromatic carbocycles. The molecule has 0 saturated carbocycles. The smallest absolute Gasteiger partial charge is 0.244 e. The van der Waals surface area contributed by atoms with Gasteiger partial charge in [-0.3, -0.25) is 0 Å². The highest BCUT2D eigenvalue weighted by atomic mass is 32.2. The third-order valence-corrected chi connectivity index (χ3v) is 5.37. The van der Waals surface area contributed by atoms with E-state index in [0.29, 0.717) is 17.1 Å². The third kappa shape index (κ3) is 4.46. The molecule has 0 fully saturated rings. The summed E-state index contributed by atoms with van der Waals surface area (Å²) in [4.78, 5) is 3.83. The van der Waals surface area contributed by atoms with Crippen molar-refractivity contribution in [1.29, 1.82) is 0 Å². The van der Waals surface area contributed by atoms with E-state index in [1.54, 1.807) is 18.2 Å². The molecule has 0 aliphatic heterocycles. The summed E-state index contributed by atoms with van der Waals surface area (Å²) in [6, 6.07) is 8.24. The zero-order chi connectivity index (χ0) is 21.0. The lowest BCUT2D eigenvalue weighted by atomic mass is 10.2. The Morgan fingerprint density at radius 2 is 1.79 bits per heavy atom. The van der Waals surface area contributed by atoms with Crippen molar-refractivity contribution < 1.29 is 31.5 Å². The maximum atomic E-state index is 13.5. The molecule has 0 amide bonds. The molecule has 1 heterocycles. The Morgan fingerprint density at radius 3 is 2.48 bits per heavy atom. The summed E-state index contributed by atoms with van der Waals surface area (Å²) in [5.41, 5.74) is 0.540. The van der Waals surface area contributed by atoms with Gasteiger partial charge in [0.2, 0.25) is 21.7 Å². The molecule has 9 nitrogen and oxygen atoms in total. The molecule has 29 heavy (non-hydrogen) atoms. The van der Waals surface area contributed by atoms with E-state index in [9.17, 15) is 12.8 Å². The topological polar surface area (TPSA) is 113 Å². The van der Waals surface area contributed by atoms with E-state index >= 15 is 0 Å². The Labute approximate surface area is 166 Å². The number of methoxy groups -OCH3 is 3. The minimum atomic E-state index is -4.08. The standard InChI is InChI=1S/C18H18FN3O6S/c1-25-12-5-6-13(15(9-12)27-3)18-21-17(28-22-18)10-20-29(23,24)16-8-11(19)4-7-14(16)26-2/h4-9,20H,10H2,1-3H3. The van der Waals surface area contributed by atoms with Crippen LogP contribution >= 0.6 is 0 Å². The molecule has 0 unspecified atom stereocenters. The normalized spacial score (nSPS) is 11.3. The third-order valence-electron chi connectivity index (χ3n) is 3.95. The number of ether oxygens (including phenoxy) is 3. The van der Waals surface area contributed by atoms with E-state index < -0.39 is 15.8 Å². The molecule has 3 rings (SSSR count). The van der Waals surface area contributed by atoms with Gasteiger partial charge in [-0.25, -0.2) is 17.5 Å². The highest BCUT2D eigenvalue weighted by Gasteiger charge is 2.22. The fourth-order valence-corrected chi connectivity index (χ4v) is 3.67. The zero-order valence-electron chi connectivity index (χ0n) is 15.8. The number of rotatable bonds is 8. The van der Waals surface area contributed by atoms with Gasteiger partial charge < -0.3 is 18.7 Å². The van der Waals surface area contributed by atoms with Crippen LogP contribution in [0.5, 0.6) is 17.2 Å². The van der Waals surface area contributed by atoms with Crippen molar-refractivity contribution in [3.05, 3.63) is 48.1 Å². The van der Waals surface area contributed by atoms with Crippen LogP contribution < -0.4 is 18.9 Å². The van der Waals surface area contributed by atoms with Gasteiger partial charge in [-0.2, -0.15) is 4.98 Å². The molecule has 154 valence electrons. The lowest BCUT2D eigenvalue weighted by molar-refractivity contribution is 0.374. The Hall–Kier alpha value is -3.18. The van der Waals surface area contributed by atoms with Crippen molar-refractivity contribution in [2.75, 3.05) is 21.3 Å². The van der Waals surface area contributed by atoms with Gasteiger partial charge in [0.05, 0.1) is 33.4 Å². The molecule has 0 saturated heterocycles. The van der Waals surface area contributed by atoms with E-state index in [0.717, 1.165) is 12.1 Å². The second kappa shape index (κ2) is 8.45. The molecule has 0 spiro atoms. The summed E-state index contributed by atoms with van der Waals surface area (Å²) >= 11 is 0. The summed E-state index contributed by atoms with van der Waals surface area (Å²) in [5, 5.41) is 3.85. The van der Waals surface area contributed by atoms with E-state index in [-0.39, 0.29) is 28.9 Å². The lowest BCUT2D eigenvalue weighted by Gasteiger charge is -2.09. The van der Waals surface area contributed by atoms with Gasteiger partial charge in [-0.05, 0) is 30.3 Å². The van der Waals surface area contributed by atoms with Crippen LogP contribution in [0.3, 0.4) is 0 Å². The first-order chi connectivity index (χ1) is 13.9. The van der Waals surface area contributed by atoms with Gasteiger partial charge in [0.1, 0.15) is 28.0 Å². The van der Waals surface area contributed by atoms with E-state index in [1.807, 2.05) is 0 Å². The lowest BCUT2D eigenvalue weighted by Crippen LogP contribution is -2.24. The van der Waals surface area contributed by atoms with Gasteiger partial charge in [0, 0.05) is 6.07 Å². The van der Waals surface area contributed by atoms with Gasteiger partial charge in [0.15, 0.2) is 0 Å². The highest BCUT2D eigenvalue weighted by Crippen LogP contribution is 2.31. The van der Waals surface area contributed by atoms with Crippen molar-refractivity contribution in [2.24, 2.45) is 0 Å². The van der Waals surface area contributed by atoms with E-state index in [1.165, 1.54) is 27.4 Å². The summed E-state index contributed by atoms with van der Waals surface area (Å²) < 4.78 is 61.3. The molecule has 0 aliphatic carbocycles. The molecule has 3 aromatic rings. The minimum absolute atomic E-state index is 0.00749. The van der Waals surface area contributed by atoms with Crippen LogP contribution in [0.1, 0.15) is 5.89 Å². The zero-order valence-corrected chi connectivity index (χ0v) is 16.6. The predicted octanol–water partition coefficient (Wildman–Crippen LogP) is 2.38. The fraction of sp³-hybridized carbons (Fsp3) is 0.222. The van der Waals surface area contributed by atoms with Crippen molar-refractivity contribution >= 4 is 10.0 Å². The fourth-order valence-electron chi connectivity index (χ4n) is 2.51. The number of halogens is 1. The second-order valence-electron chi connectivity index (χ2n) is 5.70. The van der Waals surface area contributed by atoms with Crippen LogP contribution in [0.2, 0.25) is 0 Å². The molecular formula is C18H18FN3O6S. The quantitative estimate of drug-likeness (QED) is 0.588. The molecule has 0 aliphatic rings. The molecule has 0 radical (unpaired) electrons. The summed E-state index contributed by atoms with van der Waals surface area (Å²) in [7, 11) is 0.220. The van der Waals surface area contributed by atoms with Crippen LogP contribution in [-0.4, -0.2) is 39.9 Å². The van der Waals surface area contributed by atoms with Crippen molar-refractivity contribution in [2.45, 2.75) is 11.4 Å². The average molecular weight is 423 g/mol. The maximum Gasteiger partial charge on any atom is 0.244 e. The monoisotopic (exact) mass is 423 g/mol. The molecule has 11 heteroatoms. The van der Waals surface area contributed by atoms with Crippen LogP contribution in [0, 0.1) is 5.82 Å². The van der Waals surface area contributed by atoms with Gasteiger partial charge in [0.25, 0.3) is 0 Å². The van der Waals surface area contributed by atoms with Crippen LogP contribution in [0.25, 0.3) is 11.4 Å². The number of nitrogens with one attached hydrogen (secondary N) is 1. The number of hydrogen-bond donors (Lipinski definition) is 1. The molecule has 0 bridgehead atoms. The van der Waals surface area contributed by atoms with Gasteiger partial charge >= 0.3 is 0 Å². The van der Waals surface area contributed by atoms with Crippen molar-refractivity contribution in [3.8, 4) is 28.6 Å². The highest BCUT2D eigenvalue weighted by molar-refractivity contribution is 7.89. The van der Waals surface area contributed by atoms with E-state index in [2.05, 4.69) is 14.9 Å². The SMILES string of the molecule is COc1ccc(-c2noc(CNS(=O)(=O)c3cc(F)ccc3OC)n2)c(OC)c1. The Balaban J connectivity index is 1.80. The molecule has 0 atom stereocenters. The maximum absolute atomic E-state index is 13.5. The number of aromatic nitrogens is 2. The largest absolute Gasteiger partial charge is 0.497 e. The summed E-state index contributed by atoms with van der Waals surface area (Å²) in [6.07, 6.45) is 0. The molecule has 1 aromatic heterocycles. The van der Waals surface area contributed by atoms with Crippen molar-refractivity contribution in [3.63, 3.8) is 0 Å². The predicted molar refractivity (Wildman–Crippen MR) is 99.8 cm³/mol. The van der Waals surface area contributed by atoms with Crippen LogP contribution in [-0.2, 0) is 16.6 Å². The van der Waals surface area contributed by atoms with Gasteiger partial charge in [-0.1, -0.05) is 5.16 Å². The second-order valence-corrected chi connectivity index (χ2v) is 7.43. The minimum Gasteiger partial charge on any atom is -0.497 e. The number of hydrogen-bond acceptors (Lipinski definition) is 8. The summed E-state index contributed by atoms with van der Waals surface area (Å²) in [5.74, 6) is 0.567. The van der Waals surface area contributed by atoms with Crippen LogP contribution in [0.15, 0.2) is 45.8 Å². The van der Waals surface area contributed by atoms with Crippen molar-refractivity contribution in [1.82, 2.24) is 14.9 Å². The average Bonchev–Trinajstić information content (AvgIpc) is 3.20. The first-order valence-corrected chi connectivity index (χ1v) is 9.74. The molecule has 1 N–H and O–H groups in total. The van der Waals surface area contributed by atoms with Crippen LogP contribution in [0.4, 0.5) is 4.39 Å². The number of sulfonamides is 1. The van der Waals surface area contributed by atoms with Gasteiger partial charge in [-0.15, -0.1) is 0 Å². The Kier molecular flexibility index (Phi) is 5.99. The van der Waals surface area contributed by atoms with E-state index in [4.69, 9.17) is 18.7 Å². The summed E-state index contributed by atoms with van der Waals surface area (Å²) in [6.45, 7) is -0.298. The Morgan fingerprint density at radius 1 is 1.03 bits per heavy atom. The number of benzene rings is 2. The molecular weight excluding hydrogens is 405 g/mol. The first kappa shape index (κ1) is 20.6.